The smallest absolute Gasteiger partial charge is 0.130 e. The summed E-state index contributed by atoms with van der Waals surface area (Å²) in [5, 5.41) is 12.1. The predicted octanol–water partition coefficient (Wildman–Crippen LogP) is 4.77. The van der Waals surface area contributed by atoms with Gasteiger partial charge in [0.2, 0.25) is 0 Å². The van der Waals surface area contributed by atoms with Crippen molar-refractivity contribution in [3.05, 3.63) is 102 Å². The molecule has 1 fully saturated rings. The Morgan fingerprint density at radius 1 is 0.821 bits per heavy atom. The fraction of sp³-hybridized carbons (Fsp3) is 0.280. The van der Waals surface area contributed by atoms with Gasteiger partial charge in [-0.05, 0) is 48.7 Å². The van der Waals surface area contributed by atoms with Crippen LogP contribution in [0.1, 0.15) is 35.6 Å². The van der Waals surface area contributed by atoms with E-state index in [9.17, 15) is 5.11 Å². The average molecular weight is 373 g/mol. The molecule has 0 aliphatic carbocycles. The van der Waals surface area contributed by atoms with Gasteiger partial charge in [-0.25, -0.2) is 0 Å². The Morgan fingerprint density at radius 3 is 1.86 bits per heavy atom. The van der Waals surface area contributed by atoms with E-state index in [1.807, 2.05) is 72.8 Å². The van der Waals surface area contributed by atoms with Crippen LogP contribution in [0.3, 0.4) is 0 Å². The fourth-order valence-electron chi connectivity index (χ4n) is 4.61. The first-order valence-corrected chi connectivity index (χ1v) is 9.84. The van der Waals surface area contributed by atoms with Crippen molar-refractivity contribution in [1.29, 1.82) is 0 Å². The van der Waals surface area contributed by atoms with Crippen LogP contribution < -0.4 is 4.74 Å². The molecule has 0 radical (unpaired) electrons. The molecule has 0 amide bonds. The van der Waals surface area contributed by atoms with Gasteiger partial charge >= 0.3 is 0 Å². The maximum absolute atomic E-state index is 12.1. The van der Waals surface area contributed by atoms with Crippen LogP contribution in [0.25, 0.3) is 0 Å². The van der Waals surface area contributed by atoms with Crippen LogP contribution in [0, 0.1) is 0 Å². The first-order valence-electron chi connectivity index (χ1n) is 9.84. The van der Waals surface area contributed by atoms with Crippen molar-refractivity contribution >= 4 is 0 Å². The Labute approximate surface area is 167 Å². The zero-order valence-corrected chi connectivity index (χ0v) is 16.5. The van der Waals surface area contributed by atoms with Crippen LogP contribution in [-0.2, 0) is 5.60 Å². The van der Waals surface area contributed by atoms with E-state index in [4.69, 9.17) is 4.74 Å². The molecule has 0 unspecified atom stereocenters. The highest BCUT2D eigenvalue weighted by atomic mass is 16.5. The maximum atomic E-state index is 12.1. The lowest BCUT2D eigenvalue weighted by Crippen LogP contribution is -2.47. The van der Waals surface area contributed by atoms with Crippen LogP contribution in [0.2, 0.25) is 0 Å². The standard InChI is InChI=1S/C25H27NO2/c1-26-23(19-13-15-22(28-2)16-14-19)17-18-24(26)25(27,20-9-5-3-6-10-20)21-11-7-4-8-12-21/h3-16,23-24,27H,17-18H2,1-2H3/t23-,24-/m0/s1. The van der Waals surface area contributed by atoms with Gasteiger partial charge in [-0.2, -0.15) is 0 Å². The minimum absolute atomic E-state index is 0.00981. The summed E-state index contributed by atoms with van der Waals surface area (Å²) in [6, 6.07) is 28.6. The molecule has 28 heavy (non-hydrogen) atoms. The summed E-state index contributed by atoms with van der Waals surface area (Å²) in [6.45, 7) is 0. The number of methoxy groups -OCH3 is 1. The monoisotopic (exact) mass is 373 g/mol. The topological polar surface area (TPSA) is 32.7 Å². The highest BCUT2D eigenvalue weighted by Crippen LogP contribution is 2.45. The number of hydrogen-bond acceptors (Lipinski definition) is 3. The third-order valence-electron chi connectivity index (χ3n) is 6.11. The summed E-state index contributed by atoms with van der Waals surface area (Å²) in [5.74, 6) is 0.867. The summed E-state index contributed by atoms with van der Waals surface area (Å²) >= 11 is 0. The van der Waals surface area contributed by atoms with Crippen LogP contribution in [0.4, 0.5) is 0 Å². The van der Waals surface area contributed by atoms with Crippen molar-refractivity contribution in [3.63, 3.8) is 0 Å². The van der Waals surface area contributed by atoms with E-state index >= 15 is 0 Å². The second-order valence-corrected chi connectivity index (χ2v) is 7.55. The van der Waals surface area contributed by atoms with Crippen LogP contribution >= 0.6 is 0 Å². The van der Waals surface area contributed by atoms with Gasteiger partial charge in [0, 0.05) is 12.1 Å². The zero-order valence-electron chi connectivity index (χ0n) is 16.5. The number of nitrogens with zero attached hydrogens (tertiary/aromatic N) is 1. The van der Waals surface area contributed by atoms with Gasteiger partial charge < -0.3 is 9.84 Å². The average Bonchev–Trinajstić information content (AvgIpc) is 3.16. The summed E-state index contributed by atoms with van der Waals surface area (Å²) < 4.78 is 5.30. The Balaban J connectivity index is 1.71. The molecule has 0 spiro atoms. The van der Waals surface area contributed by atoms with Crippen molar-refractivity contribution < 1.29 is 9.84 Å². The van der Waals surface area contributed by atoms with Gasteiger partial charge in [0.1, 0.15) is 11.4 Å². The highest BCUT2D eigenvalue weighted by molar-refractivity contribution is 5.39. The minimum Gasteiger partial charge on any atom is -0.497 e. The molecule has 1 saturated heterocycles. The minimum atomic E-state index is -1.06. The van der Waals surface area contributed by atoms with E-state index in [1.54, 1.807) is 7.11 Å². The first-order chi connectivity index (χ1) is 13.6. The predicted molar refractivity (Wildman–Crippen MR) is 112 cm³/mol. The quantitative estimate of drug-likeness (QED) is 0.699. The number of likely N-dealkylation sites (tertiary alicyclic amines) is 1. The Kier molecular flexibility index (Phi) is 5.21. The Bertz CT molecular complexity index is 853. The van der Waals surface area contributed by atoms with Crippen molar-refractivity contribution in [2.75, 3.05) is 14.2 Å². The third kappa shape index (κ3) is 3.21. The molecule has 0 bridgehead atoms. The van der Waals surface area contributed by atoms with Gasteiger partial charge in [0.15, 0.2) is 0 Å². The number of aliphatic hydroxyl groups is 1. The molecule has 3 nitrogen and oxygen atoms in total. The molecule has 3 aromatic carbocycles. The molecule has 3 heteroatoms. The van der Waals surface area contributed by atoms with E-state index in [2.05, 4.69) is 24.1 Å². The summed E-state index contributed by atoms with van der Waals surface area (Å²) in [6.07, 6.45) is 1.93. The van der Waals surface area contributed by atoms with Crippen molar-refractivity contribution in [1.82, 2.24) is 4.90 Å². The van der Waals surface area contributed by atoms with E-state index < -0.39 is 5.60 Å². The van der Waals surface area contributed by atoms with Gasteiger partial charge in [-0.15, -0.1) is 0 Å². The molecule has 1 aliphatic rings. The van der Waals surface area contributed by atoms with Crippen LogP contribution in [-0.4, -0.2) is 30.2 Å². The second kappa shape index (κ2) is 7.78. The van der Waals surface area contributed by atoms with Gasteiger partial charge in [-0.3, -0.25) is 4.90 Å². The molecule has 2 atom stereocenters. The normalized spacial score (nSPS) is 20.2. The molecule has 0 aromatic heterocycles. The second-order valence-electron chi connectivity index (χ2n) is 7.55. The maximum Gasteiger partial charge on any atom is 0.130 e. The van der Waals surface area contributed by atoms with Crippen molar-refractivity contribution in [3.8, 4) is 5.75 Å². The van der Waals surface area contributed by atoms with E-state index in [0.717, 1.165) is 29.7 Å². The molecular weight excluding hydrogens is 346 g/mol. The molecular formula is C25H27NO2. The van der Waals surface area contributed by atoms with Gasteiger partial charge in [0.25, 0.3) is 0 Å². The number of hydrogen-bond donors (Lipinski definition) is 1. The van der Waals surface area contributed by atoms with Gasteiger partial charge in [-0.1, -0.05) is 72.8 Å². The number of benzene rings is 3. The number of ether oxygens (including phenoxy) is 1. The van der Waals surface area contributed by atoms with Crippen molar-refractivity contribution in [2.45, 2.75) is 30.5 Å². The number of likely N-dealkylation sites (N-methyl/N-ethyl adjacent to an activating group) is 1. The third-order valence-corrected chi connectivity index (χ3v) is 6.11. The Hall–Kier alpha value is -2.62. The Morgan fingerprint density at radius 2 is 1.36 bits per heavy atom. The lowest BCUT2D eigenvalue weighted by Gasteiger charge is -2.40. The van der Waals surface area contributed by atoms with Gasteiger partial charge in [0.05, 0.1) is 7.11 Å². The molecule has 3 aromatic rings. The summed E-state index contributed by atoms with van der Waals surface area (Å²) in [7, 11) is 3.82. The summed E-state index contributed by atoms with van der Waals surface area (Å²) in [5.41, 5.74) is 2.08. The molecule has 1 N–H and O–H groups in total. The molecule has 1 heterocycles. The van der Waals surface area contributed by atoms with E-state index in [0.29, 0.717) is 0 Å². The SMILES string of the molecule is COc1ccc([C@@H]2CC[C@@H](C(O)(c3ccccc3)c3ccccc3)N2C)cc1. The highest BCUT2D eigenvalue weighted by Gasteiger charge is 2.47. The fourth-order valence-corrected chi connectivity index (χ4v) is 4.61. The zero-order chi connectivity index (χ0) is 19.6. The first kappa shape index (κ1) is 18.7. The lowest BCUT2D eigenvalue weighted by atomic mass is 9.79. The largest absolute Gasteiger partial charge is 0.497 e. The molecule has 144 valence electrons. The van der Waals surface area contributed by atoms with Crippen LogP contribution in [0.5, 0.6) is 5.75 Å². The lowest BCUT2D eigenvalue weighted by molar-refractivity contribution is -0.00404. The molecule has 1 aliphatic heterocycles. The molecule has 0 saturated carbocycles. The van der Waals surface area contributed by atoms with E-state index in [-0.39, 0.29) is 12.1 Å². The summed E-state index contributed by atoms with van der Waals surface area (Å²) in [4.78, 5) is 2.34. The van der Waals surface area contributed by atoms with Crippen molar-refractivity contribution in [2.24, 2.45) is 0 Å². The van der Waals surface area contributed by atoms with Crippen LogP contribution in [0.15, 0.2) is 84.9 Å². The molecule has 4 rings (SSSR count). The number of rotatable bonds is 5. The van der Waals surface area contributed by atoms with E-state index in [1.165, 1.54) is 5.56 Å².